The van der Waals surface area contributed by atoms with Crippen molar-refractivity contribution in [2.24, 2.45) is 0 Å². The van der Waals surface area contributed by atoms with Crippen LogP contribution in [0.1, 0.15) is 21.0 Å². The van der Waals surface area contributed by atoms with Crippen LogP contribution in [0.4, 0.5) is 17.3 Å². The molecular weight excluding hydrogens is 328 g/mol. The Morgan fingerprint density at radius 3 is 2.25 bits per heavy atom. The van der Waals surface area contributed by atoms with Gasteiger partial charge < -0.3 is 4.74 Å². The van der Waals surface area contributed by atoms with E-state index in [9.17, 15) is 29.8 Å². The second-order valence-electron chi connectivity index (χ2n) is 4.21. The summed E-state index contributed by atoms with van der Waals surface area (Å²) in [4.78, 5) is 46.7. The summed E-state index contributed by atoms with van der Waals surface area (Å²) in [5.74, 6) is -2.35. The number of nitro groups is 2. The van der Waals surface area contributed by atoms with E-state index in [1.807, 2.05) is 0 Å². The molecule has 0 radical (unpaired) electrons. The first-order chi connectivity index (χ1) is 11.3. The molecule has 0 aliphatic rings. The summed E-state index contributed by atoms with van der Waals surface area (Å²) in [5, 5.41) is 29.5. The number of ether oxygens (including phenoxy) is 1. The Morgan fingerprint density at radius 1 is 1.17 bits per heavy atom. The molecule has 0 saturated carbocycles. The van der Waals surface area contributed by atoms with Crippen LogP contribution in [0.15, 0.2) is 18.2 Å². The van der Waals surface area contributed by atoms with Crippen LogP contribution in [0.3, 0.4) is 0 Å². The van der Waals surface area contributed by atoms with E-state index in [4.69, 9.17) is 0 Å². The molecule has 124 valence electrons. The van der Waals surface area contributed by atoms with Gasteiger partial charge in [0, 0.05) is 12.1 Å². The molecule has 0 atom stereocenters. The van der Waals surface area contributed by atoms with Gasteiger partial charge in [-0.1, -0.05) is 0 Å². The van der Waals surface area contributed by atoms with E-state index in [0.717, 1.165) is 25.3 Å². The Balaban J connectivity index is 2.29. The highest BCUT2D eigenvalue weighted by Crippen LogP contribution is 2.23. The highest BCUT2D eigenvalue weighted by atomic mass is 16.6. The molecule has 0 aliphatic carbocycles. The molecule has 13 nitrogen and oxygen atoms in total. The molecule has 0 bridgehead atoms. The molecule has 1 amide bonds. The highest BCUT2D eigenvalue weighted by Gasteiger charge is 2.21. The third-order valence-electron chi connectivity index (χ3n) is 2.68. The van der Waals surface area contributed by atoms with Gasteiger partial charge in [0.1, 0.15) is 0 Å². The number of benzene rings is 1. The molecule has 0 spiro atoms. The number of rotatable bonds is 5. The first kappa shape index (κ1) is 16.5. The maximum atomic E-state index is 12.0. The second-order valence-corrected chi connectivity index (χ2v) is 4.21. The lowest BCUT2D eigenvalue weighted by Gasteiger charge is -2.01. The summed E-state index contributed by atoms with van der Waals surface area (Å²) in [7, 11) is 1.12. The molecule has 2 rings (SSSR count). The average molecular weight is 336 g/mol. The number of nitrogens with one attached hydrogen (secondary N) is 2. The number of nitro benzene ring substituents is 2. The molecule has 2 N–H and O–H groups in total. The number of hydrogen-bond donors (Lipinski definition) is 2. The Morgan fingerprint density at radius 2 is 1.75 bits per heavy atom. The van der Waals surface area contributed by atoms with Gasteiger partial charge in [-0.05, 0) is 0 Å². The number of nitrogens with zero attached hydrogens (tertiary/aromatic N) is 4. The smallest absolute Gasteiger partial charge is 0.375 e. The fourth-order valence-electron chi connectivity index (χ4n) is 1.62. The second kappa shape index (κ2) is 6.47. The van der Waals surface area contributed by atoms with E-state index < -0.39 is 33.1 Å². The lowest BCUT2D eigenvalue weighted by molar-refractivity contribution is -0.394. The molecule has 0 fully saturated rings. The number of amides is 1. The molecule has 13 heteroatoms. The number of methoxy groups -OCH3 is 1. The van der Waals surface area contributed by atoms with Gasteiger partial charge in [-0.25, -0.2) is 4.79 Å². The first-order valence-electron chi connectivity index (χ1n) is 6.07. The van der Waals surface area contributed by atoms with Gasteiger partial charge in [0.2, 0.25) is 11.8 Å². The molecule has 1 aromatic heterocycles. The number of H-pyrrole nitrogens is 1. The van der Waals surface area contributed by atoms with E-state index in [0.29, 0.717) is 0 Å². The summed E-state index contributed by atoms with van der Waals surface area (Å²) < 4.78 is 4.39. The molecular formula is C11H8N6O7. The zero-order valence-corrected chi connectivity index (χ0v) is 11.9. The largest absolute Gasteiger partial charge is 0.463 e. The van der Waals surface area contributed by atoms with Crippen molar-refractivity contribution in [3.05, 3.63) is 49.8 Å². The number of carbonyl (C=O) groups is 2. The van der Waals surface area contributed by atoms with Gasteiger partial charge in [-0.2, -0.15) is 4.98 Å². The van der Waals surface area contributed by atoms with Crippen molar-refractivity contribution in [1.29, 1.82) is 0 Å². The number of hydrogen-bond acceptors (Lipinski definition) is 9. The Kier molecular flexibility index (Phi) is 4.44. The van der Waals surface area contributed by atoms with Crippen LogP contribution < -0.4 is 5.32 Å². The lowest BCUT2D eigenvalue weighted by Crippen LogP contribution is -2.14. The minimum atomic E-state index is -0.933. The van der Waals surface area contributed by atoms with E-state index in [1.165, 1.54) is 0 Å². The molecule has 24 heavy (non-hydrogen) atoms. The molecule has 0 unspecified atom stereocenters. The van der Waals surface area contributed by atoms with E-state index in [2.05, 4.69) is 25.2 Å². The Labute approximate surface area is 131 Å². The number of aromatic nitrogens is 3. The predicted molar refractivity (Wildman–Crippen MR) is 75.4 cm³/mol. The maximum absolute atomic E-state index is 12.0. The zero-order chi connectivity index (χ0) is 17.9. The maximum Gasteiger partial charge on any atom is 0.375 e. The van der Waals surface area contributed by atoms with Gasteiger partial charge in [0.15, 0.2) is 0 Å². The van der Waals surface area contributed by atoms with Gasteiger partial charge in [-0.3, -0.25) is 35.4 Å². The van der Waals surface area contributed by atoms with E-state index >= 15 is 0 Å². The van der Waals surface area contributed by atoms with Crippen molar-refractivity contribution >= 4 is 29.2 Å². The summed E-state index contributed by atoms with van der Waals surface area (Å²) in [6, 6.07) is 2.44. The van der Waals surface area contributed by atoms with Gasteiger partial charge in [-0.15, -0.1) is 5.10 Å². The topological polar surface area (TPSA) is 183 Å². The highest BCUT2D eigenvalue weighted by molar-refractivity contribution is 6.04. The van der Waals surface area contributed by atoms with Crippen molar-refractivity contribution in [2.45, 2.75) is 0 Å². The Bertz CT molecular complexity index is 813. The molecule has 1 heterocycles. The molecule has 0 saturated heterocycles. The van der Waals surface area contributed by atoms with Crippen LogP contribution in [0.25, 0.3) is 0 Å². The normalized spacial score (nSPS) is 10.0. The number of esters is 1. The van der Waals surface area contributed by atoms with Crippen molar-refractivity contribution in [1.82, 2.24) is 15.2 Å². The van der Waals surface area contributed by atoms with Crippen LogP contribution in [-0.4, -0.2) is 44.0 Å². The van der Waals surface area contributed by atoms with Gasteiger partial charge in [0.25, 0.3) is 17.3 Å². The van der Waals surface area contributed by atoms with Gasteiger partial charge >= 0.3 is 5.97 Å². The summed E-state index contributed by atoms with van der Waals surface area (Å²) in [6.07, 6.45) is 0. The number of anilines is 1. The summed E-state index contributed by atoms with van der Waals surface area (Å²) >= 11 is 0. The number of aromatic amines is 1. The van der Waals surface area contributed by atoms with E-state index in [-0.39, 0.29) is 17.3 Å². The monoisotopic (exact) mass is 336 g/mol. The predicted octanol–water partition coefficient (Wildman–Crippen LogP) is 0.660. The number of carbonyl (C=O) groups excluding carboxylic acids is 2. The quantitative estimate of drug-likeness (QED) is 0.449. The van der Waals surface area contributed by atoms with Crippen molar-refractivity contribution in [3.8, 4) is 0 Å². The molecule has 1 aromatic carbocycles. The number of non-ortho nitro benzene ring substituents is 2. The third kappa shape index (κ3) is 3.46. The van der Waals surface area contributed by atoms with Crippen LogP contribution in [-0.2, 0) is 4.74 Å². The standard InChI is InChI=1S/C11H8N6O7/c1-24-10(19)8-12-11(15-14-8)13-9(18)5-2-6(16(20)21)4-7(3-5)17(22)23/h2-4H,1H3,(H2,12,13,14,15,18). The fraction of sp³-hybridized carbons (Fsp3) is 0.0909. The van der Waals surface area contributed by atoms with E-state index in [1.54, 1.807) is 0 Å². The fourth-order valence-corrected chi connectivity index (χ4v) is 1.62. The first-order valence-corrected chi connectivity index (χ1v) is 6.07. The van der Waals surface area contributed by atoms with Crippen molar-refractivity contribution in [3.63, 3.8) is 0 Å². The SMILES string of the molecule is COC(=O)c1nc(NC(=O)c2cc([N+](=O)[O-])cc([N+](=O)[O-])c2)n[nH]1. The average Bonchev–Trinajstić information content (AvgIpc) is 3.01. The minimum Gasteiger partial charge on any atom is -0.463 e. The van der Waals surface area contributed by atoms with Crippen molar-refractivity contribution < 1.29 is 24.2 Å². The summed E-state index contributed by atoms with van der Waals surface area (Å²) in [5.41, 5.74) is -1.60. The third-order valence-corrected chi connectivity index (χ3v) is 2.68. The zero-order valence-electron chi connectivity index (χ0n) is 11.9. The molecule has 0 aliphatic heterocycles. The Hall–Kier alpha value is -3.90. The van der Waals surface area contributed by atoms with Crippen LogP contribution in [0.5, 0.6) is 0 Å². The van der Waals surface area contributed by atoms with Crippen molar-refractivity contribution in [2.75, 3.05) is 12.4 Å². The van der Waals surface area contributed by atoms with Crippen LogP contribution in [0.2, 0.25) is 0 Å². The molecule has 2 aromatic rings. The minimum absolute atomic E-state index is 0.280. The lowest BCUT2D eigenvalue weighted by atomic mass is 10.1. The van der Waals surface area contributed by atoms with Crippen LogP contribution >= 0.6 is 0 Å². The van der Waals surface area contributed by atoms with Gasteiger partial charge in [0.05, 0.1) is 28.6 Å². The van der Waals surface area contributed by atoms with Crippen LogP contribution in [0, 0.1) is 20.2 Å². The summed E-state index contributed by atoms with van der Waals surface area (Å²) in [6.45, 7) is 0.